The van der Waals surface area contributed by atoms with Gasteiger partial charge in [-0.2, -0.15) is 0 Å². The Morgan fingerprint density at radius 3 is 2.36 bits per heavy atom. The lowest BCUT2D eigenvalue weighted by molar-refractivity contribution is -0.384. The molecule has 0 spiro atoms. The molecule has 2 aliphatic heterocycles. The fourth-order valence-corrected chi connectivity index (χ4v) is 4.21. The molecular weight excluding hydrogens is 428 g/mol. The van der Waals surface area contributed by atoms with E-state index in [4.69, 9.17) is 9.47 Å². The van der Waals surface area contributed by atoms with Crippen LogP contribution < -0.4 is 5.32 Å². The summed E-state index contributed by atoms with van der Waals surface area (Å²) < 4.78 is 10.6. The summed E-state index contributed by atoms with van der Waals surface area (Å²) in [6.45, 7) is 7.97. The molecule has 3 rings (SSSR count). The van der Waals surface area contributed by atoms with Gasteiger partial charge < -0.3 is 19.7 Å². The lowest BCUT2D eigenvalue weighted by Gasteiger charge is -2.32. The molecule has 2 heterocycles. The molecule has 0 unspecified atom stereocenters. The van der Waals surface area contributed by atoms with Crippen molar-refractivity contribution in [2.45, 2.75) is 19.8 Å². The van der Waals surface area contributed by atoms with Gasteiger partial charge in [0.25, 0.3) is 5.69 Å². The molecule has 0 bridgehead atoms. The first-order valence-electron chi connectivity index (χ1n) is 10.8. The van der Waals surface area contributed by atoms with Crippen LogP contribution in [-0.4, -0.2) is 80.1 Å². The van der Waals surface area contributed by atoms with Crippen molar-refractivity contribution in [3.05, 3.63) is 62.5 Å². The van der Waals surface area contributed by atoms with Gasteiger partial charge in [0.05, 0.1) is 29.1 Å². The molecule has 1 fully saturated rings. The number of hydrogen-bond acceptors (Lipinski definition) is 9. The van der Waals surface area contributed by atoms with Crippen LogP contribution >= 0.6 is 0 Å². The van der Waals surface area contributed by atoms with Crippen molar-refractivity contribution in [3.8, 4) is 0 Å². The van der Waals surface area contributed by atoms with Gasteiger partial charge in [0.15, 0.2) is 0 Å². The molecule has 1 N–H and O–H groups in total. The first-order chi connectivity index (χ1) is 15.7. The van der Waals surface area contributed by atoms with Gasteiger partial charge in [0.1, 0.15) is 6.61 Å². The maximum atomic E-state index is 13.2. The maximum Gasteiger partial charge on any atom is 0.336 e. The fraction of sp³-hybridized carbons (Fsp3) is 0.478. The number of allylic oxidation sites excluding steroid dienone is 2. The Kier molecular flexibility index (Phi) is 7.83. The number of rotatable bonds is 7. The summed E-state index contributed by atoms with van der Waals surface area (Å²) in [7, 11) is 3.33. The second-order valence-corrected chi connectivity index (χ2v) is 8.26. The predicted molar refractivity (Wildman–Crippen MR) is 121 cm³/mol. The number of ether oxygens (including phenoxy) is 2. The second kappa shape index (κ2) is 10.6. The quantitative estimate of drug-likeness (QED) is 0.371. The Labute approximate surface area is 193 Å². The Balaban J connectivity index is 1.88. The molecule has 1 aromatic carbocycles. The molecule has 0 radical (unpaired) electrons. The zero-order valence-corrected chi connectivity index (χ0v) is 19.4. The summed E-state index contributed by atoms with van der Waals surface area (Å²) in [5.74, 6) is -2.04. The van der Waals surface area contributed by atoms with E-state index in [1.807, 2.05) is 0 Å². The standard InChI is InChI=1S/C23H30N4O6/c1-15-19(22(28)32-4)21(17-6-5-7-18(14-17)27(30)31)20(16(2)24-15)23(29)33-13-12-26-10-8-25(3)9-11-26/h5-7,14,21,24H,8-13H2,1-4H3/t21-/m1/s1. The molecule has 1 atom stereocenters. The second-order valence-electron chi connectivity index (χ2n) is 8.26. The lowest BCUT2D eigenvalue weighted by Crippen LogP contribution is -2.45. The summed E-state index contributed by atoms with van der Waals surface area (Å²) in [6.07, 6.45) is 0. The van der Waals surface area contributed by atoms with Crippen LogP contribution in [0.4, 0.5) is 5.69 Å². The van der Waals surface area contributed by atoms with Gasteiger partial charge in [0, 0.05) is 56.3 Å². The highest BCUT2D eigenvalue weighted by Crippen LogP contribution is 2.40. The summed E-state index contributed by atoms with van der Waals surface area (Å²) in [4.78, 5) is 41.2. The van der Waals surface area contributed by atoms with E-state index in [9.17, 15) is 19.7 Å². The van der Waals surface area contributed by atoms with E-state index in [-0.39, 0.29) is 23.4 Å². The van der Waals surface area contributed by atoms with E-state index in [2.05, 4.69) is 22.2 Å². The summed E-state index contributed by atoms with van der Waals surface area (Å²) in [5.41, 5.74) is 1.81. The molecule has 0 aromatic heterocycles. The number of nitro groups is 1. The first kappa shape index (κ1) is 24.4. The van der Waals surface area contributed by atoms with Crippen LogP contribution in [0.3, 0.4) is 0 Å². The Hall–Kier alpha value is -3.24. The summed E-state index contributed by atoms with van der Waals surface area (Å²) >= 11 is 0. The van der Waals surface area contributed by atoms with E-state index in [1.165, 1.54) is 25.3 Å². The number of nitrogens with one attached hydrogen (secondary N) is 1. The van der Waals surface area contributed by atoms with Crippen molar-refractivity contribution < 1.29 is 24.0 Å². The van der Waals surface area contributed by atoms with Gasteiger partial charge >= 0.3 is 11.9 Å². The van der Waals surface area contributed by atoms with E-state index in [0.29, 0.717) is 23.5 Å². The van der Waals surface area contributed by atoms with Crippen LogP contribution in [0, 0.1) is 10.1 Å². The first-order valence-corrected chi connectivity index (χ1v) is 10.8. The van der Waals surface area contributed by atoms with Crippen LogP contribution in [0.2, 0.25) is 0 Å². The largest absolute Gasteiger partial charge is 0.466 e. The smallest absolute Gasteiger partial charge is 0.336 e. The topological polar surface area (TPSA) is 114 Å². The van der Waals surface area contributed by atoms with Gasteiger partial charge in [-0.25, -0.2) is 9.59 Å². The highest BCUT2D eigenvalue weighted by atomic mass is 16.6. The van der Waals surface area contributed by atoms with Crippen molar-refractivity contribution in [3.63, 3.8) is 0 Å². The predicted octanol–water partition coefficient (Wildman–Crippen LogP) is 1.79. The van der Waals surface area contributed by atoms with Crippen molar-refractivity contribution in [2.24, 2.45) is 0 Å². The third-order valence-corrected chi connectivity index (χ3v) is 6.04. The average Bonchev–Trinajstić information content (AvgIpc) is 2.79. The Bertz CT molecular complexity index is 994. The van der Waals surface area contributed by atoms with Crippen molar-refractivity contribution in [2.75, 3.05) is 53.5 Å². The SMILES string of the molecule is COC(=O)C1=C(C)NC(C)=C(C(=O)OCCN2CCN(C)CC2)[C@@H]1c1cccc([N+](=O)[O-])c1. The molecule has 178 valence electrons. The number of benzene rings is 1. The summed E-state index contributed by atoms with van der Waals surface area (Å²) in [6, 6.07) is 5.93. The van der Waals surface area contributed by atoms with Crippen LogP contribution in [-0.2, 0) is 19.1 Å². The molecule has 1 saturated heterocycles. The number of piperazine rings is 1. The van der Waals surface area contributed by atoms with Gasteiger partial charge in [0.2, 0.25) is 0 Å². The van der Waals surface area contributed by atoms with E-state index in [0.717, 1.165) is 26.2 Å². The van der Waals surface area contributed by atoms with Crippen molar-refractivity contribution >= 4 is 17.6 Å². The van der Waals surface area contributed by atoms with Crippen LogP contribution in [0.25, 0.3) is 0 Å². The van der Waals surface area contributed by atoms with Crippen molar-refractivity contribution in [1.82, 2.24) is 15.1 Å². The minimum absolute atomic E-state index is 0.131. The van der Waals surface area contributed by atoms with Crippen LogP contribution in [0.5, 0.6) is 0 Å². The zero-order chi connectivity index (χ0) is 24.1. The van der Waals surface area contributed by atoms with E-state index in [1.54, 1.807) is 19.9 Å². The third-order valence-electron chi connectivity index (χ3n) is 6.04. The van der Waals surface area contributed by atoms with Crippen LogP contribution in [0.1, 0.15) is 25.3 Å². The number of carbonyl (C=O) groups excluding carboxylic acids is 2. The highest BCUT2D eigenvalue weighted by Gasteiger charge is 2.38. The number of likely N-dealkylation sites (N-methyl/N-ethyl adjacent to an activating group) is 1. The monoisotopic (exact) mass is 458 g/mol. The Morgan fingerprint density at radius 1 is 1.12 bits per heavy atom. The minimum atomic E-state index is -0.852. The fourth-order valence-electron chi connectivity index (χ4n) is 4.21. The van der Waals surface area contributed by atoms with Gasteiger partial charge in [-0.3, -0.25) is 15.0 Å². The zero-order valence-electron chi connectivity index (χ0n) is 19.4. The minimum Gasteiger partial charge on any atom is -0.466 e. The number of nitrogens with zero attached hydrogens (tertiary/aromatic N) is 3. The number of non-ortho nitro benzene ring substituents is 1. The molecule has 10 nitrogen and oxygen atoms in total. The van der Waals surface area contributed by atoms with Gasteiger partial charge in [-0.15, -0.1) is 0 Å². The molecule has 33 heavy (non-hydrogen) atoms. The number of methoxy groups -OCH3 is 1. The third kappa shape index (κ3) is 5.58. The number of carbonyl (C=O) groups is 2. The van der Waals surface area contributed by atoms with E-state index >= 15 is 0 Å². The average molecular weight is 459 g/mol. The van der Waals surface area contributed by atoms with Crippen LogP contribution in [0.15, 0.2) is 46.8 Å². The molecule has 0 aliphatic carbocycles. The number of nitro benzene ring substituents is 1. The highest BCUT2D eigenvalue weighted by molar-refractivity contribution is 5.99. The van der Waals surface area contributed by atoms with Gasteiger partial charge in [-0.1, -0.05) is 12.1 Å². The normalized spacial score (nSPS) is 19.8. The molecule has 10 heteroatoms. The lowest BCUT2D eigenvalue weighted by atomic mass is 9.80. The van der Waals surface area contributed by atoms with E-state index < -0.39 is 22.8 Å². The number of hydrogen-bond donors (Lipinski definition) is 1. The summed E-state index contributed by atoms with van der Waals surface area (Å²) in [5, 5.41) is 14.4. The molecule has 0 amide bonds. The molecular formula is C23H30N4O6. The molecule has 1 aromatic rings. The Morgan fingerprint density at radius 2 is 1.76 bits per heavy atom. The number of dihydropyridines is 1. The van der Waals surface area contributed by atoms with Gasteiger partial charge in [-0.05, 0) is 26.5 Å². The molecule has 2 aliphatic rings. The number of esters is 2. The maximum absolute atomic E-state index is 13.2. The molecule has 0 saturated carbocycles. The van der Waals surface area contributed by atoms with Crippen molar-refractivity contribution in [1.29, 1.82) is 0 Å².